The Balaban J connectivity index is 1.07. The lowest BCUT2D eigenvalue weighted by Gasteiger charge is -2.26. The van der Waals surface area contributed by atoms with E-state index in [9.17, 15) is 10.5 Å². The molecule has 0 saturated carbocycles. The van der Waals surface area contributed by atoms with Crippen molar-refractivity contribution in [3.63, 3.8) is 0 Å². The first kappa shape index (κ1) is 35.1. The summed E-state index contributed by atoms with van der Waals surface area (Å²) in [6.45, 7) is 8.09. The van der Waals surface area contributed by atoms with Crippen LogP contribution < -0.4 is 9.80 Å². The molecule has 0 bridgehead atoms. The van der Waals surface area contributed by atoms with Crippen molar-refractivity contribution in [1.82, 2.24) is 8.80 Å². The highest BCUT2D eigenvalue weighted by Gasteiger charge is 2.24. The summed E-state index contributed by atoms with van der Waals surface area (Å²) in [5.74, 6) is 0. The molecule has 4 aromatic heterocycles. The zero-order chi connectivity index (χ0) is 41.6. The summed E-state index contributed by atoms with van der Waals surface area (Å²) >= 11 is 0. The van der Waals surface area contributed by atoms with E-state index in [2.05, 4.69) is 147 Å². The third-order valence-electron chi connectivity index (χ3n) is 12.5. The molecule has 12 aromatic rings. The smallest absolute Gasteiger partial charge is 0.0992 e. The molecule has 8 aromatic carbocycles. The van der Waals surface area contributed by atoms with Gasteiger partial charge in [0.1, 0.15) is 0 Å². The number of anilines is 5. The first-order chi connectivity index (χ1) is 30.6. The van der Waals surface area contributed by atoms with E-state index in [-0.39, 0.29) is 0 Å². The predicted molar refractivity (Wildman–Crippen MR) is 257 cm³/mol. The van der Waals surface area contributed by atoms with Gasteiger partial charge < -0.3 is 18.6 Å². The number of benzene rings is 8. The number of hydrogen-bond donors (Lipinski definition) is 0. The van der Waals surface area contributed by atoms with Gasteiger partial charge in [0.25, 0.3) is 0 Å². The third-order valence-corrected chi connectivity index (χ3v) is 12.5. The van der Waals surface area contributed by atoms with E-state index in [0.29, 0.717) is 11.1 Å². The summed E-state index contributed by atoms with van der Waals surface area (Å²) in [5.41, 5.74) is 13.9. The van der Waals surface area contributed by atoms with Gasteiger partial charge in [-0.1, -0.05) is 86.0 Å². The van der Waals surface area contributed by atoms with Crippen LogP contribution >= 0.6 is 0 Å². The first-order valence-corrected chi connectivity index (χ1v) is 20.5. The first-order valence-electron chi connectivity index (χ1n) is 20.5. The summed E-state index contributed by atoms with van der Waals surface area (Å²) in [6, 6.07) is 61.8. The van der Waals surface area contributed by atoms with Crippen LogP contribution in [-0.4, -0.2) is 8.80 Å². The van der Waals surface area contributed by atoms with Crippen molar-refractivity contribution < 1.29 is 0 Å². The number of hydrogen-bond acceptors (Lipinski definition) is 4. The lowest BCUT2D eigenvalue weighted by atomic mass is 10.0. The maximum Gasteiger partial charge on any atom is 0.0992 e. The van der Waals surface area contributed by atoms with Crippen LogP contribution in [0.2, 0.25) is 0 Å². The minimum atomic E-state index is 0.587. The zero-order valence-electron chi connectivity index (χ0n) is 33.4. The van der Waals surface area contributed by atoms with Gasteiger partial charge in [0.2, 0.25) is 0 Å². The molecule has 0 spiro atoms. The highest BCUT2D eigenvalue weighted by Crippen LogP contribution is 2.47. The second-order valence-corrected chi connectivity index (χ2v) is 15.7. The molecule has 6 heteroatoms. The Labute approximate surface area is 356 Å². The number of fused-ring (bicyclic) bond motifs is 12. The summed E-state index contributed by atoms with van der Waals surface area (Å²) in [6.07, 6.45) is 5.52. The van der Waals surface area contributed by atoms with E-state index in [1.165, 1.54) is 59.8 Å². The van der Waals surface area contributed by atoms with Crippen molar-refractivity contribution in [3.8, 4) is 12.1 Å². The van der Waals surface area contributed by atoms with E-state index in [1.807, 2.05) is 72.8 Å². The molecule has 0 aliphatic rings. The Kier molecular flexibility index (Phi) is 7.56. The van der Waals surface area contributed by atoms with E-state index >= 15 is 0 Å². The molecule has 0 unspecified atom stereocenters. The standard InChI is InChI=1S/C56H34N6/c1-3-12-37(4-2)59(39-17-8-13-35(27-39)33-57)41-23-25-51-47(29-41)43-19-10-21-45-49-32-54-50(31-53(49)61(51)55(43)45)46-22-11-20-44-48-30-42(24-26-52(48)62(54)56(44)46)60(38-15-6-5-7-16-38)40-18-9-14-36(28-40)34-58/h3-32H,1-2H2/b37-12+. The molecular formula is C56H34N6. The lowest BCUT2D eigenvalue weighted by molar-refractivity contribution is 1.21. The zero-order valence-corrected chi connectivity index (χ0v) is 33.4. The maximum absolute atomic E-state index is 9.77. The second-order valence-electron chi connectivity index (χ2n) is 15.7. The molecule has 0 fully saturated rings. The molecule has 0 radical (unpaired) electrons. The number of allylic oxidation sites excluding steroid dienone is 3. The van der Waals surface area contributed by atoms with Gasteiger partial charge in [-0.15, -0.1) is 0 Å². The fraction of sp³-hybridized carbons (Fsp3) is 0. The van der Waals surface area contributed by atoms with E-state index in [4.69, 9.17) is 0 Å². The van der Waals surface area contributed by atoms with Gasteiger partial charge in [-0.3, -0.25) is 0 Å². The summed E-state index contributed by atoms with van der Waals surface area (Å²) in [4.78, 5) is 4.35. The van der Waals surface area contributed by atoms with Gasteiger partial charge in [0.05, 0.1) is 56.4 Å². The molecule has 62 heavy (non-hydrogen) atoms. The number of para-hydroxylation sites is 3. The predicted octanol–water partition coefficient (Wildman–Crippen LogP) is 14.6. The fourth-order valence-corrected chi connectivity index (χ4v) is 9.96. The molecule has 0 aliphatic carbocycles. The third kappa shape index (κ3) is 4.90. The van der Waals surface area contributed by atoms with E-state index in [0.717, 1.165) is 50.6 Å². The monoisotopic (exact) mass is 790 g/mol. The quantitative estimate of drug-likeness (QED) is 0.144. The molecule has 0 N–H and O–H groups in total. The van der Waals surface area contributed by atoms with Crippen LogP contribution in [0.15, 0.2) is 201 Å². The Morgan fingerprint density at radius 2 is 0.887 bits per heavy atom. The highest BCUT2D eigenvalue weighted by atomic mass is 15.2. The normalized spacial score (nSPS) is 12.1. The average molecular weight is 791 g/mol. The van der Waals surface area contributed by atoms with Gasteiger partial charge in [0, 0.05) is 77.2 Å². The number of nitriles is 2. The van der Waals surface area contributed by atoms with Crippen molar-refractivity contribution in [2.45, 2.75) is 0 Å². The van der Waals surface area contributed by atoms with Gasteiger partial charge >= 0.3 is 0 Å². The van der Waals surface area contributed by atoms with Crippen LogP contribution in [0.25, 0.3) is 76.2 Å². The minimum Gasteiger partial charge on any atom is -0.310 e. The SMILES string of the molecule is C=C/C=C(\C=C)N(c1cccc(C#N)c1)c1ccc2c(c1)c1cccc3c4cc5c(cc4n2c13)c1cccc2c3cc(N(c4ccccc4)c4cccc(C#N)c4)ccc3n5c21. The molecule has 6 nitrogen and oxygen atoms in total. The largest absolute Gasteiger partial charge is 0.310 e. The lowest BCUT2D eigenvalue weighted by Crippen LogP contribution is -2.15. The topological polar surface area (TPSA) is 62.9 Å². The van der Waals surface area contributed by atoms with Crippen molar-refractivity contribution >= 4 is 105 Å². The Bertz CT molecular complexity index is 3950. The average Bonchev–Trinajstić information content (AvgIpc) is 4.04. The Morgan fingerprint density at radius 3 is 1.44 bits per heavy atom. The number of nitrogens with zero attached hydrogens (tertiary/aromatic N) is 6. The van der Waals surface area contributed by atoms with Crippen LogP contribution in [0.4, 0.5) is 28.4 Å². The van der Waals surface area contributed by atoms with Gasteiger partial charge in [0.15, 0.2) is 0 Å². The van der Waals surface area contributed by atoms with E-state index in [1.54, 1.807) is 6.08 Å². The molecule has 0 amide bonds. The molecule has 288 valence electrons. The van der Waals surface area contributed by atoms with Crippen LogP contribution in [0.1, 0.15) is 11.1 Å². The van der Waals surface area contributed by atoms with Crippen LogP contribution in [0.5, 0.6) is 0 Å². The summed E-state index contributed by atoms with van der Waals surface area (Å²) in [5, 5.41) is 29.1. The Hall–Kier alpha value is -8.84. The van der Waals surface area contributed by atoms with Crippen LogP contribution in [0.3, 0.4) is 0 Å². The van der Waals surface area contributed by atoms with E-state index < -0.39 is 0 Å². The summed E-state index contributed by atoms with van der Waals surface area (Å²) in [7, 11) is 0. The molecule has 0 saturated heterocycles. The van der Waals surface area contributed by atoms with Crippen molar-refractivity contribution in [2.75, 3.05) is 9.80 Å². The van der Waals surface area contributed by atoms with Gasteiger partial charge in [-0.05, 0) is 109 Å². The maximum atomic E-state index is 9.77. The molecule has 4 heterocycles. The number of aromatic nitrogens is 2. The number of rotatable bonds is 8. The molecule has 12 rings (SSSR count). The molecule has 0 aliphatic heterocycles. The Morgan fingerprint density at radius 1 is 0.435 bits per heavy atom. The van der Waals surface area contributed by atoms with Crippen molar-refractivity contribution in [1.29, 1.82) is 10.5 Å². The van der Waals surface area contributed by atoms with Crippen molar-refractivity contribution in [2.24, 2.45) is 0 Å². The second kappa shape index (κ2) is 13.3. The van der Waals surface area contributed by atoms with Crippen LogP contribution in [0, 0.1) is 22.7 Å². The van der Waals surface area contributed by atoms with Crippen LogP contribution in [-0.2, 0) is 0 Å². The molecule has 0 atom stereocenters. The highest BCUT2D eigenvalue weighted by molar-refractivity contribution is 6.29. The van der Waals surface area contributed by atoms with Crippen molar-refractivity contribution in [3.05, 3.63) is 212 Å². The fourth-order valence-electron chi connectivity index (χ4n) is 9.96. The molecular weight excluding hydrogens is 757 g/mol. The van der Waals surface area contributed by atoms with Gasteiger partial charge in [-0.25, -0.2) is 0 Å². The van der Waals surface area contributed by atoms with Gasteiger partial charge in [-0.2, -0.15) is 10.5 Å². The summed E-state index contributed by atoms with van der Waals surface area (Å²) < 4.78 is 4.89. The minimum absolute atomic E-state index is 0.587.